The molecule has 0 aromatic heterocycles. The van der Waals surface area contributed by atoms with Crippen molar-refractivity contribution in [2.75, 3.05) is 6.54 Å². The molecule has 0 atom stereocenters. The van der Waals surface area contributed by atoms with Crippen LogP contribution in [0.15, 0.2) is 37.1 Å². The Bertz CT molecular complexity index is 123. The minimum absolute atomic E-state index is 0.797. The van der Waals surface area contributed by atoms with Crippen molar-refractivity contribution >= 4 is 0 Å². The molecule has 0 aliphatic heterocycles. The molecule has 1 nitrogen and oxygen atoms in total. The Kier molecular flexibility index (Phi) is 4.60. The van der Waals surface area contributed by atoms with Gasteiger partial charge >= 0.3 is 0 Å². The van der Waals surface area contributed by atoms with Gasteiger partial charge < -0.3 is 5.32 Å². The van der Waals surface area contributed by atoms with Crippen LogP contribution in [0.1, 0.15) is 6.92 Å². The van der Waals surface area contributed by atoms with E-state index in [-0.39, 0.29) is 0 Å². The van der Waals surface area contributed by atoms with Crippen molar-refractivity contribution in [3.05, 3.63) is 37.1 Å². The molecule has 0 aliphatic rings. The first-order valence-corrected chi connectivity index (χ1v) is 2.98. The lowest BCUT2D eigenvalue weighted by Crippen LogP contribution is -2.10. The second kappa shape index (κ2) is 5.16. The maximum absolute atomic E-state index is 3.62. The first-order chi connectivity index (χ1) is 4.35. The van der Waals surface area contributed by atoms with Gasteiger partial charge in [0.15, 0.2) is 0 Å². The molecule has 1 N–H and O–H groups in total. The molecule has 0 heterocycles. The molecule has 0 aromatic rings. The van der Waals surface area contributed by atoms with E-state index in [1.807, 2.05) is 19.1 Å². The monoisotopic (exact) mass is 123 g/mol. The van der Waals surface area contributed by atoms with Crippen molar-refractivity contribution in [3.8, 4) is 0 Å². The Balaban J connectivity index is 3.57. The molecule has 0 spiro atoms. The van der Waals surface area contributed by atoms with Crippen LogP contribution in [0, 0.1) is 0 Å². The van der Waals surface area contributed by atoms with Gasteiger partial charge in [0, 0.05) is 12.2 Å². The van der Waals surface area contributed by atoms with E-state index in [0.29, 0.717) is 0 Å². The molecule has 0 saturated carbocycles. The van der Waals surface area contributed by atoms with Crippen LogP contribution in [0.5, 0.6) is 0 Å². The van der Waals surface area contributed by atoms with Gasteiger partial charge in [0.25, 0.3) is 0 Å². The number of rotatable bonds is 4. The van der Waals surface area contributed by atoms with Crippen molar-refractivity contribution in [1.29, 1.82) is 0 Å². The molecule has 0 amide bonds. The van der Waals surface area contributed by atoms with Gasteiger partial charge in [-0.15, -0.1) is 6.58 Å². The Hall–Kier alpha value is -0.980. The van der Waals surface area contributed by atoms with E-state index >= 15 is 0 Å². The minimum atomic E-state index is 0.797. The van der Waals surface area contributed by atoms with E-state index in [0.717, 1.165) is 12.2 Å². The van der Waals surface area contributed by atoms with Gasteiger partial charge in [0.1, 0.15) is 0 Å². The van der Waals surface area contributed by atoms with Gasteiger partial charge in [-0.25, -0.2) is 0 Å². The largest absolute Gasteiger partial charge is 0.382 e. The summed E-state index contributed by atoms with van der Waals surface area (Å²) in [5, 5.41) is 3.09. The standard InChI is InChI=1S/C8H13N/c1-4-7-9-8(5-2)6-3/h4-6,9H,1-2,7H2,3H3/b8-6+. The summed E-state index contributed by atoms with van der Waals surface area (Å²) in [6, 6.07) is 0. The number of hydrogen-bond donors (Lipinski definition) is 1. The van der Waals surface area contributed by atoms with E-state index < -0.39 is 0 Å². The second-order valence-electron chi connectivity index (χ2n) is 1.62. The van der Waals surface area contributed by atoms with Crippen molar-refractivity contribution in [2.24, 2.45) is 0 Å². The highest BCUT2D eigenvalue weighted by molar-refractivity contribution is 5.13. The first kappa shape index (κ1) is 8.02. The fraction of sp³-hybridized carbons (Fsp3) is 0.250. The lowest BCUT2D eigenvalue weighted by Gasteiger charge is -2.00. The fourth-order valence-corrected chi connectivity index (χ4v) is 0.482. The summed E-state index contributed by atoms with van der Waals surface area (Å²) in [5.41, 5.74) is 1.05. The van der Waals surface area contributed by atoms with Crippen LogP contribution < -0.4 is 5.32 Å². The highest BCUT2D eigenvalue weighted by atomic mass is 14.9. The zero-order chi connectivity index (χ0) is 7.11. The summed E-state index contributed by atoms with van der Waals surface area (Å²) in [5.74, 6) is 0. The molecule has 0 unspecified atom stereocenters. The molecule has 0 aromatic carbocycles. The SMILES string of the molecule is C=CCN/C(C=C)=C/C. The maximum Gasteiger partial charge on any atom is 0.0328 e. The van der Waals surface area contributed by atoms with Gasteiger partial charge in [-0.05, 0) is 13.0 Å². The zero-order valence-corrected chi connectivity index (χ0v) is 5.85. The normalized spacial score (nSPS) is 10.6. The van der Waals surface area contributed by atoms with Gasteiger partial charge in [-0.3, -0.25) is 0 Å². The molecule has 0 radical (unpaired) electrons. The molecule has 0 saturated heterocycles. The summed E-state index contributed by atoms with van der Waals surface area (Å²) < 4.78 is 0. The predicted octanol–water partition coefficient (Wildman–Crippen LogP) is 1.85. The Morgan fingerprint density at radius 3 is 2.56 bits per heavy atom. The smallest absolute Gasteiger partial charge is 0.0328 e. The highest BCUT2D eigenvalue weighted by Gasteiger charge is 1.81. The molecule has 50 valence electrons. The van der Waals surface area contributed by atoms with E-state index in [1.165, 1.54) is 0 Å². The van der Waals surface area contributed by atoms with Crippen molar-refractivity contribution in [1.82, 2.24) is 5.32 Å². The van der Waals surface area contributed by atoms with Crippen LogP contribution in [-0.2, 0) is 0 Å². The third kappa shape index (κ3) is 3.59. The van der Waals surface area contributed by atoms with Gasteiger partial charge in [0.2, 0.25) is 0 Å². The van der Waals surface area contributed by atoms with E-state index in [1.54, 1.807) is 6.08 Å². The molecular formula is C8H13N. The molecular weight excluding hydrogens is 110 g/mol. The molecule has 1 heteroatoms. The third-order valence-electron chi connectivity index (χ3n) is 0.981. The van der Waals surface area contributed by atoms with Crippen molar-refractivity contribution in [2.45, 2.75) is 6.92 Å². The Labute approximate surface area is 56.8 Å². The molecule has 0 bridgehead atoms. The molecule has 9 heavy (non-hydrogen) atoms. The lowest BCUT2D eigenvalue weighted by molar-refractivity contribution is 0.934. The topological polar surface area (TPSA) is 12.0 Å². The average Bonchev–Trinajstić information content (AvgIpc) is 1.91. The second-order valence-corrected chi connectivity index (χ2v) is 1.62. The Morgan fingerprint density at radius 2 is 2.22 bits per heavy atom. The molecule has 0 fully saturated rings. The van der Waals surface area contributed by atoms with Gasteiger partial charge in [-0.2, -0.15) is 0 Å². The van der Waals surface area contributed by atoms with E-state index in [4.69, 9.17) is 0 Å². The maximum atomic E-state index is 3.62. The highest BCUT2D eigenvalue weighted by Crippen LogP contribution is 1.86. The first-order valence-electron chi connectivity index (χ1n) is 2.98. The summed E-state index contributed by atoms with van der Waals surface area (Å²) in [7, 11) is 0. The average molecular weight is 123 g/mol. The van der Waals surface area contributed by atoms with E-state index in [9.17, 15) is 0 Å². The van der Waals surface area contributed by atoms with Crippen LogP contribution in [0.4, 0.5) is 0 Å². The predicted molar refractivity (Wildman–Crippen MR) is 42.2 cm³/mol. The Morgan fingerprint density at radius 1 is 1.56 bits per heavy atom. The summed E-state index contributed by atoms with van der Waals surface area (Å²) >= 11 is 0. The fourth-order valence-electron chi connectivity index (χ4n) is 0.482. The lowest BCUT2D eigenvalue weighted by atomic mass is 10.4. The molecule has 0 rings (SSSR count). The number of allylic oxidation sites excluding steroid dienone is 2. The van der Waals surface area contributed by atoms with Crippen LogP contribution in [-0.4, -0.2) is 6.54 Å². The number of hydrogen-bond acceptors (Lipinski definition) is 1. The zero-order valence-electron chi connectivity index (χ0n) is 5.85. The third-order valence-corrected chi connectivity index (χ3v) is 0.981. The quantitative estimate of drug-likeness (QED) is 0.444. The summed E-state index contributed by atoms with van der Waals surface area (Å²) in [4.78, 5) is 0. The van der Waals surface area contributed by atoms with Crippen LogP contribution >= 0.6 is 0 Å². The minimum Gasteiger partial charge on any atom is -0.382 e. The van der Waals surface area contributed by atoms with E-state index in [2.05, 4.69) is 18.5 Å². The summed E-state index contributed by atoms with van der Waals surface area (Å²) in [6.45, 7) is 9.96. The summed E-state index contributed by atoms with van der Waals surface area (Å²) in [6.07, 6.45) is 5.56. The van der Waals surface area contributed by atoms with Crippen LogP contribution in [0.25, 0.3) is 0 Å². The van der Waals surface area contributed by atoms with Crippen LogP contribution in [0.3, 0.4) is 0 Å². The van der Waals surface area contributed by atoms with Crippen molar-refractivity contribution < 1.29 is 0 Å². The van der Waals surface area contributed by atoms with Gasteiger partial charge in [-0.1, -0.05) is 18.7 Å². The number of nitrogens with one attached hydrogen (secondary N) is 1. The molecule has 0 aliphatic carbocycles. The van der Waals surface area contributed by atoms with Crippen LogP contribution in [0.2, 0.25) is 0 Å². The van der Waals surface area contributed by atoms with Crippen molar-refractivity contribution in [3.63, 3.8) is 0 Å². The van der Waals surface area contributed by atoms with Gasteiger partial charge in [0.05, 0.1) is 0 Å².